The summed E-state index contributed by atoms with van der Waals surface area (Å²) in [7, 11) is 1.36. The van der Waals surface area contributed by atoms with Crippen LogP contribution in [0.3, 0.4) is 0 Å². The lowest BCUT2D eigenvalue weighted by atomic mass is 9.97. The number of amides is 1. The highest BCUT2D eigenvalue weighted by atomic mass is 32.2. The Hall–Kier alpha value is -2.88. The molecule has 0 spiro atoms. The van der Waals surface area contributed by atoms with Gasteiger partial charge in [0, 0.05) is 37.6 Å². The van der Waals surface area contributed by atoms with Crippen molar-refractivity contribution in [2.75, 3.05) is 32.2 Å². The molecule has 0 saturated heterocycles. The van der Waals surface area contributed by atoms with Crippen LogP contribution >= 0.6 is 11.8 Å². The average molecular weight is 540 g/mol. The molecule has 0 bridgehead atoms. The number of imidazole rings is 1. The molecule has 3 rings (SSSR count). The fourth-order valence-corrected chi connectivity index (χ4v) is 5.03. The van der Waals surface area contributed by atoms with Crippen LogP contribution in [-0.4, -0.2) is 71.0 Å². The third kappa shape index (κ3) is 8.85. The highest BCUT2D eigenvalue weighted by molar-refractivity contribution is 7.98. The fraction of sp³-hybridized carbons (Fsp3) is 0.483. The third-order valence-electron chi connectivity index (χ3n) is 6.97. The Labute approximate surface area is 230 Å². The molecule has 0 aliphatic heterocycles. The normalized spacial score (nSPS) is 13.8. The van der Waals surface area contributed by atoms with Crippen molar-refractivity contribution >= 4 is 34.4 Å². The van der Waals surface area contributed by atoms with E-state index in [2.05, 4.69) is 69.7 Å². The topological polar surface area (TPSA) is 99.3 Å². The number of carbonyl (C=O) groups excluding carboxylic acids is 2. The minimum absolute atomic E-state index is 0.152. The van der Waals surface area contributed by atoms with E-state index in [-0.39, 0.29) is 18.5 Å². The molecule has 3 atom stereocenters. The molecule has 38 heavy (non-hydrogen) atoms. The number of rotatable bonds is 16. The molecule has 8 nitrogen and oxygen atoms in total. The number of H-pyrrole nitrogens is 1. The second-order valence-electron chi connectivity index (χ2n) is 9.68. The molecule has 9 heteroatoms. The summed E-state index contributed by atoms with van der Waals surface area (Å²) < 4.78 is 4.94. The number of hydrogen-bond donors (Lipinski definition) is 3. The molecule has 0 fully saturated rings. The second-order valence-corrected chi connectivity index (χ2v) is 10.7. The first-order valence-corrected chi connectivity index (χ1v) is 14.6. The number of nitrogens with one attached hydrogen (secondary N) is 3. The van der Waals surface area contributed by atoms with Crippen molar-refractivity contribution in [3.8, 4) is 0 Å². The number of esters is 1. The number of aromatic nitrogens is 2. The number of aromatic amines is 1. The number of methoxy groups -OCH3 is 1. The van der Waals surface area contributed by atoms with Gasteiger partial charge < -0.3 is 20.4 Å². The molecule has 0 aliphatic carbocycles. The van der Waals surface area contributed by atoms with E-state index in [1.807, 2.05) is 24.6 Å². The summed E-state index contributed by atoms with van der Waals surface area (Å²) in [5, 5.41) is 8.95. The SMILES string of the molecule is CCC(C)C(CN(CC(=O)NC(CCSC)C(=O)OC)Cc1cccc2ccccc12)NCc1cnc[nH]1. The predicted molar refractivity (Wildman–Crippen MR) is 155 cm³/mol. The van der Waals surface area contributed by atoms with Gasteiger partial charge in [0.2, 0.25) is 5.91 Å². The van der Waals surface area contributed by atoms with Gasteiger partial charge in [-0.2, -0.15) is 11.8 Å². The Balaban J connectivity index is 1.81. The Morgan fingerprint density at radius 3 is 2.68 bits per heavy atom. The van der Waals surface area contributed by atoms with E-state index >= 15 is 0 Å². The van der Waals surface area contributed by atoms with Crippen molar-refractivity contribution in [3.63, 3.8) is 0 Å². The third-order valence-corrected chi connectivity index (χ3v) is 7.61. The summed E-state index contributed by atoms with van der Waals surface area (Å²) in [6.45, 7) is 6.55. The lowest BCUT2D eigenvalue weighted by Crippen LogP contribution is -2.50. The van der Waals surface area contributed by atoms with E-state index in [1.165, 1.54) is 23.4 Å². The monoisotopic (exact) mass is 539 g/mol. The van der Waals surface area contributed by atoms with Gasteiger partial charge in [0.1, 0.15) is 6.04 Å². The van der Waals surface area contributed by atoms with Gasteiger partial charge in [-0.25, -0.2) is 9.78 Å². The summed E-state index contributed by atoms with van der Waals surface area (Å²) >= 11 is 1.64. The van der Waals surface area contributed by atoms with E-state index in [9.17, 15) is 9.59 Å². The zero-order valence-corrected chi connectivity index (χ0v) is 23.7. The average Bonchev–Trinajstić information content (AvgIpc) is 3.46. The summed E-state index contributed by atoms with van der Waals surface area (Å²) in [5.74, 6) is 0.554. The van der Waals surface area contributed by atoms with Gasteiger partial charge in [-0.05, 0) is 40.7 Å². The van der Waals surface area contributed by atoms with Crippen molar-refractivity contribution in [1.29, 1.82) is 0 Å². The molecule has 3 N–H and O–H groups in total. The fourth-order valence-electron chi connectivity index (χ4n) is 4.56. The molecular weight excluding hydrogens is 498 g/mol. The lowest BCUT2D eigenvalue weighted by molar-refractivity contribution is -0.145. The molecule has 1 aromatic heterocycles. The van der Waals surface area contributed by atoms with Crippen molar-refractivity contribution in [2.24, 2.45) is 5.92 Å². The Morgan fingerprint density at radius 2 is 1.97 bits per heavy atom. The summed E-state index contributed by atoms with van der Waals surface area (Å²) in [6.07, 6.45) is 7.02. The summed E-state index contributed by atoms with van der Waals surface area (Å²) in [5.41, 5.74) is 2.19. The van der Waals surface area contributed by atoms with Gasteiger partial charge >= 0.3 is 5.97 Å². The van der Waals surface area contributed by atoms with Gasteiger partial charge in [0.15, 0.2) is 0 Å². The summed E-state index contributed by atoms with van der Waals surface area (Å²) in [6, 6.07) is 14.1. The number of ether oxygens (including phenoxy) is 1. The lowest BCUT2D eigenvalue weighted by Gasteiger charge is -2.32. The predicted octanol–water partition coefficient (Wildman–Crippen LogP) is 3.98. The number of fused-ring (bicyclic) bond motifs is 1. The van der Waals surface area contributed by atoms with Crippen LogP contribution in [-0.2, 0) is 27.4 Å². The smallest absolute Gasteiger partial charge is 0.328 e. The maximum absolute atomic E-state index is 13.3. The van der Waals surface area contributed by atoms with Crippen LogP contribution in [0.25, 0.3) is 10.8 Å². The minimum Gasteiger partial charge on any atom is -0.467 e. The molecule has 3 aromatic rings. The number of benzene rings is 2. The van der Waals surface area contributed by atoms with Gasteiger partial charge in [0.05, 0.1) is 20.0 Å². The van der Waals surface area contributed by atoms with Crippen LogP contribution in [0.1, 0.15) is 37.9 Å². The standard InChI is InChI=1S/C29H41N5O3S/c1-5-21(2)27(31-16-24-15-30-20-32-24)18-34(17-23-11-8-10-22-9-6-7-12-25(22)23)19-28(35)33-26(13-14-38-4)29(36)37-3/h6-12,15,20-21,26-27,31H,5,13-14,16-19H2,1-4H3,(H,30,32)(H,33,35). The van der Waals surface area contributed by atoms with Gasteiger partial charge in [0.25, 0.3) is 0 Å². The molecule has 0 saturated carbocycles. The maximum atomic E-state index is 13.3. The molecule has 1 amide bonds. The Bertz CT molecular complexity index is 1130. The highest BCUT2D eigenvalue weighted by Gasteiger charge is 2.25. The second kappa shape index (κ2) is 15.5. The van der Waals surface area contributed by atoms with Gasteiger partial charge in [-0.15, -0.1) is 0 Å². The first-order chi connectivity index (χ1) is 18.4. The minimum atomic E-state index is -0.650. The molecule has 3 unspecified atom stereocenters. The van der Waals surface area contributed by atoms with E-state index in [1.54, 1.807) is 18.1 Å². The number of hydrogen-bond acceptors (Lipinski definition) is 7. The van der Waals surface area contributed by atoms with Crippen molar-refractivity contribution in [1.82, 2.24) is 25.5 Å². The van der Waals surface area contributed by atoms with Crippen LogP contribution < -0.4 is 10.6 Å². The molecule has 2 aromatic carbocycles. The van der Waals surface area contributed by atoms with Crippen molar-refractivity contribution < 1.29 is 14.3 Å². The summed E-state index contributed by atoms with van der Waals surface area (Å²) in [4.78, 5) is 35.0. The maximum Gasteiger partial charge on any atom is 0.328 e. The molecule has 1 heterocycles. The highest BCUT2D eigenvalue weighted by Crippen LogP contribution is 2.21. The zero-order valence-electron chi connectivity index (χ0n) is 22.9. The Kier molecular flexibility index (Phi) is 12.1. The van der Waals surface area contributed by atoms with Gasteiger partial charge in [-0.3, -0.25) is 9.69 Å². The van der Waals surface area contributed by atoms with Crippen molar-refractivity contribution in [2.45, 2.75) is 51.9 Å². The van der Waals surface area contributed by atoms with Crippen LogP contribution in [0.5, 0.6) is 0 Å². The first kappa shape index (κ1) is 29.7. The zero-order chi connectivity index (χ0) is 27.3. The number of carbonyl (C=O) groups is 2. The van der Waals surface area contributed by atoms with E-state index in [0.29, 0.717) is 32.0 Å². The Morgan fingerprint density at radius 1 is 1.18 bits per heavy atom. The van der Waals surface area contributed by atoms with Gasteiger partial charge in [-0.1, -0.05) is 62.7 Å². The number of nitrogens with zero attached hydrogens (tertiary/aromatic N) is 2. The quantitative estimate of drug-likeness (QED) is 0.237. The largest absolute Gasteiger partial charge is 0.467 e. The van der Waals surface area contributed by atoms with E-state index in [0.717, 1.165) is 17.9 Å². The molecule has 0 aliphatic rings. The van der Waals surface area contributed by atoms with E-state index < -0.39 is 12.0 Å². The molecular formula is C29H41N5O3S. The van der Waals surface area contributed by atoms with Crippen LogP contribution in [0.2, 0.25) is 0 Å². The van der Waals surface area contributed by atoms with Crippen LogP contribution in [0.15, 0.2) is 55.0 Å². The van der Waals surface area contributed by atoms with Crippen molar-refractivity contribution in [3.05, 3.63) is 66.2 Å². The van der Waals surface area contributed by atoms with E-state index in [4.69, 9.17) is 4.74 Å². The van der Waals surface area contributed by atoms with Crippen LogP contribution in [0, 0.1) is 5.92 Å². The molecule has 0 radical (unpaired) electrons. The number of thioether (sulfide) groups is 1. The first-order valence-electron chi connectivity index (χ1n) is 13.2. The molecule has 206 valence electrons. The van der Waals surface area contributed by atoms with Crippen LogP contribution in [0.4, 0.5) is 0 Å².